The van der Waals surface area contributed by atoms with Gasteiger partial charge in [0.25, 0.3) is 0 Å². The number of carboxylic acid groups (broad SMARTS) is 1. The highest BCUT2D eigenvalue weighted by Crippen LogP contribution is 2.46. The quantitative estimate of drug-likeness (QED) is 0.288. The van der Waals surface area contributed by atoms with E-state index in [0.717, 1.165) is 24.8 Å². The minimum absolute atomic E-state index is 0.0351. The fourth-order valence-corrected chi connectivity index (χ4v) is 5.40. The van der Waals surface area contributed by atoms with Gasteiger partial charge in [-0.3, -0.25) is 4.79 Å². The first-order valence-corrected chi connectivity index (χ1v) is 12.4. The maximum Gasteiger partial charge on any atom is 0.573 e. The number of anilines is 2. The molecule has 0 saturated heterocycles. The number of nitrogens with one attached hydrogen (secondary N) is 1. The lowest BCUT2D eigenvalue weighted by molar-refractivity contribution is -0.274. The summed E-state index contributed by atoms with van der Waals surface area (Å²) >= 11 is 0. The smallest absolute Gasteiger partial charge is 0.494 e. The lowest BCUT2D eigenvalue weighted by Crippen LogP contribution is -2.29. The molecule has 0 spiro atoms. The van der Waals surface area contributed by atoms with E-state index in [9.17, 15) is 18.0 Å². The second-order valence-electron chi connectivity index (χ2n) is 10.6. The summed E-state index contributed by atoms with van der Waals surface area (Å²) in [5.74, 6) is 0.558. The van der Waals surface area contributed by atoms with Crippen molar-refractivity contribution in [3.05, 3.63) is 42.5 Å². The summed E-state index contributed by atoms with van der Waals surface area (Å²) in [5.41, 5.74) is 2.37. The van der Waals surface area contributed by atoms with Crippen molar-refractivity contribution < 1.29 is 32.5 Å². The average molecular weight is 520 g/mol. The van der Waals surface area contributed by atoms with Gasteiger partial charge in [-0.15, -0.1) is 13.2 Å². The summed E-state index contributed by atoms with van der Waals surface area (Å²) in [7, 11) is 0. The van der Waals surface area contributed by atoms with Gasteiger partial charge in [-0.1, -0.05) is 20.8 Å². The zero-order chi connectivity index (χ0) is 26.8. The molecule has 4 rings (SSSR count). The van der Waals surface area contributed by atoms with Crippen LogP contribution in [0.5, 0.6) is 11.5 Å². The maximum absolute atomic E-state index is 12.5. The molecule has 2 aromatic carbocycles. The number of rotatable bonds is 9. The average Bonchev–Trinajstić information content (AvgIpc) is 3.12. The molecular weight excluding hydrogens is 487 g/mol. The Kier molecular flexibility index (Phi) is 7.57. The highest BCUT2D eigenvalue weighted by Gasteiger charge is 2.35. The number of hydrogen-bond donors (Lipinski definition) is 2. The van der Waals surface area contributed by atoms with Crippen LogP contribution in [0.1, 0.15) is 58.9 Å². The van der Waals surface area contributed by atoms with Crippen molar-refractivity contribution in [1.82, 2.24) is 9.55 Å². The number of benzene rings is 2. The second kappa shape index (κ2) is 10.5. The van der Waals surface area contributed by atoms with Crippen LogP contribution in [-0.2, 0) is 4.79 Å². The number of carbonyl (C=O) groups is 1. The highest BCUT2D eigenvalue weighted by atomic mass is 19.4. The largest absolute Gasteiger partial charge is 0.573 e. The van der Waals surface area contributed by atoms with Crippen molar-refractivity contribution >= 4 is 28.6 Å². The molecule has 1 aliphatic carbocycles. The van der Waals surface area contributed by atoms with Crippen LogP contribution in [0.25, 0.3) is 11.0 Å². The molecule has 1 fully saturated rings. The summed E-state index contributed by atoms with van der Waals surface area (Å²) in [5, 5.41) is 12.1. The molecule has 3 aromatic rings. The van der Waals surface area contributed by atoms with E-state index in [1.807, 2.05) is 18.2 Å². The predicted octanol–water partition coefficient (Wildman–Crippen LogP) is 7.31. The topological polar surface area (TPSA) is 85.6 Å². The molecule has 1 aromatic heterocycles. The van der Waals surface area contributed by atoms with Gasteiger partial charge in [0.15, 0.2) is 0 Å². The van der Waals surface area contributed by atoms with Gasteiger partial charge < -0.3 is 24.5 Å². The van der Waals surface area contributed by atoms with E-state index >= 15 is 0 Å². The molecule has 1 aliphatic rings. The van der Waals surface area contributed by atoms with Crippen molar-refractivity contribution in [2.45, 2.75) is 65.3 Å². The van der Waals surface area contributed by atoms with E-state index in [2.05, 4.69) is 35.4 Å². The molecule has 2 atom stereocenters. The van der Waals surface area contributed by atoms with E-state index in [4.69, 9.17) is 14.8 Å². The van der Waals surface area contributed by atoms with Gasteiger partial charge in [0.2, 0.25) is 5.95 Å². The van der Waals surface area contributed by atoms with E-state index in [-0.39, 0.29) is 30.2 Å². The number of ether oxygens (including phenoxy) is 2. The van der Waals surface area contributed by atoms with Gasteiger partial charge in [0, 0.05) is 24.2 Å². The van der Waals surface area contributed by atoms with Crippen LogP contribution in [0.4, 0.5) is 24.8 Å². The highest BCUT2D eigenvalue weighted by molar-refractivity contribution is 5.81. The SMILES string of the molecule is CC1CC(n2c(Nc3ccc(OC(F)(F)F)cc3)nc3cc(OCCCC(=O)O)ccc32)CC(C)(C)C1. The van der Waals surface area contributed by atoms with Gasteiger partial charge in [-0.05, 0) is 73.4 Å². The Bertz CT molecular complexity index is 1240. The Hall–Kier alpha value is -3.43. The molecule has 1 heterocycles. The zero-order valence-electron chi connectivity index (χ0n) is 21.1. The Labute approximate surface area is 213 Å². The minimum atomic E-state index is -4.75. The predicted molar refractivity (Wildman–Crippen MR) is 134 cm³/mol. The van der Waals surface area contributed by atoms with Gasteiger partial charge in [-0.2, -0.15) is 0 Å². The lowest BCUT2D eigenvalue weighted by atomic mass is 9.70. The Morgan fingerprint density at radius 3 is 2.51 bits per heavy atom. The summed E-state index contributed by atoms with van der Waals surface area (Å²) in [6, 6.07) is 11.4. The number of fused-ring (bicyclic) bond motifs is 1. The van der Waals surface area contributed by atoms with Crippen LogP contribution < -0.4 is 14.8 Å². The number of carboxylic acids is 1. The van der Waals surface area contributed by atoms with Crippen LogP contribution in [0.2, 0.25) is 0 Å². The van der Waals surface area contributed by atoms with Crippen molar-refractivity contribution in [2.75, 3.05) is 11.9 Å². The van der Waals surface area contributed by atoms with E-state index in [1.54, 1.807) is 0 Å². The maximum atomic E-state index is 12.5. The number of imidazole rings is 1. The molecule has 7 nitrogen and oxygen atoms in total. The molecule has 0 bridgehead atoms. The molecular formula is C27H32F3N3O4. The fraction of sp³-hybridized carbons (Fsp3) is 0.481. The third-order valence-corrected chi connectivity index (χ3v) is 6.54. The summed E-state index contributed by atoms with van der Waals surface area (Å²) < 4.78 is 49.5. The number of nitrogens with zero attached hydrogens (tertiary/aromatic N) is 2. The minimum Gasteiger partial charge on any atom is -0.494 e. The molecule has 0 aliphatic heterocycles. The summed E-state index contributed by atoms with van der Waals surface area (Å²) in [6.45, 7) is 7.07. The summed E-state index contributed by atoms with van der Waals surface area (Å²) in [6.07, 6.45) is -1.24. The number of aliphatic carboxylic acids is 1. The third-order valence-electron chi connectivity index (χ3n) is 6.54. The Balaban J connectivity index is 1.64. The van der Waals surface area contributed by atoms with E-state index in [0.29, 0.717) is 35.2 Å². The van der Waals surface area contributed by atoms with Crippen LogP contribution in [0, 0.1) is 11.3 Å². The normalized spacial score (nSPS) is 19.5. The van der Waals surface area contributed by atoms with E-state index in [1.165, 1.54) is 24.3 Å². The molecule has 200 valence electrons. The van der Waals surface area contributed by atoms with Crippen molar-refractivity contribution in [3.8, 4) is 11.5 Å². The van der Waals surface area contributed by atoms with Crippen LogP contribution in [-0.4, -0.2) is 33.6 Å². The van der Waals surface area contributed by atoms with Gasteiger partial charge in [0.05, 0.1) is 17.6 Å². The summed E-state index contributed by atoms with van der Waals surface area (Å²) in [4.78, 5) is 15.6. The van der Waals surface area contributed by atoms with Crippen molar-refractivity contribution in [2.24, 2.45) is 11.3 Å². The standard InChI is InChI=1S/C27H32F3N3O4/c1-17-13-19(16-26(2,3)15-17)33-23-11-10-21(36-12-4-5-24(34)35)14-22(23)32-25(33)31-18-6-8-20(9-7-18)37-27(28,29)30/h6-11,14,17,19H,4-5,12-13,15-16H2,1-3H3,(H,31,32)(H,34,35). The molecule has 37 heavy (non-hydrogen) atoms. The number of alkyl halides is 3. The number of hydrogen-bond acceptors (Lipinski definition) is 5. The third kappa shape index (κ3) is 7.08. The van der Waals surface area contributed by atoms with Crippen LogP contribution >= 0.6 is 0 Å². The first-order valence-electron chi connectivity index (χ1n) is 12.4. The first-order chi connectivity index (χ1) is 17.4. The van der Waals surface area contributed by atoms with Crippen molar-refractivity contribution in [3.63, 3.8) is 0 Å². The lowest BCUT2D eigenvalue weighted by Gasteiger charge is -2.40. The molecule has 2 N–H and O–H groups in total. The number of aromatic nitrogens is 2. The molecule has 1 saturated carbocycles. The zero-order valence-corrected chi connectivity index (χ0v) is 21.1. The van der Waals surface area contributed by atoms with Crippen molar-refractivity contribution in [1.29, 1.82) is 0 Å². The van der Waals surface area contributed by atoms with Crippen LogP contribution in [0.3, 0.4) is 0 Å². The van der Waals surface area contributed by atoms with Crippen LogP contribution in [0.15, 0.2) is 42.5 Å². The van der Waals surface area contributed by atoms with Gasteiger partial charge in [-0.25, -0.2) is 4.98 Å². The fourth-order valence-electron chi connectivity index (χ4n) is 5.40. The van der Waals surface area contributed by atoms with Gasteiger partial charge in [0.1, 0.15) is 11.5 Å². The first kappa shape index (κ1) is 26.6. The Morgan fingerprint density at radius 1 is 1.16 bits per heavy atom. The number of halogens is 3. The monoisotopic (exact) mass is 519 g/mol. The molecule has 10 heteroatoms. The van der Waals surface area contributed by atoms with Gasteiger partial charge >= 0.3 is 12.3 Å². The second-order valence-corrected chi connectivity index (χ2v) is 10.6. The molecule has 0 radical (unpaired) electrons. The molecule has 0 amide bonds. The van der Waals surface area contributed by atoms with E-state index < -0.39 is 12.3 Å². The Morgan fingerprint density at radius 2 is 1.86 bits per heavy atom. The molecule has 2 unspecified atom stereocenters.